The SMILES string of the molecule is CCCN(CCC)c1nc(C)nc(Cl)c1C. The van der Waals surface area contributed by atoms with Crippen LogP contribution < -0.4 is 4.90 Å². The molecule has 0 spiro atoms. The van der Waals surface area contributed by atoms with Gasteiger partial charge in [-0.3, -0.25) is 0 Å². The standard InChI is InChI=1S/C12H20ClN3/c1-5-7-16(8-6-2)12-9(3)11(13)14-10(4)15-12/h5-8H2,1-4H3. The van der Waals surface area contributed by atoms with Gasteiger partial charge < -0.3 is 4.90 Å². The van der Waals surface area contributed by atoms with Gasteiger partial charge >= 0.3 is 0 Å². The normalized spacial score (nSPS) is 10.6. The van der Waals surface area contributed by atoms with Crippen LogP contribution in [-0.4, -0.2) is 23.1 Å². The number of rotatable bonds is 5. The summed E-state index contributed by atoms with van der Waals surface area (Å²) in [7, 11) is 0. The molecule has 90 valence electrons. The first-order valence-corrected chi connectivity index (χ1v) is 6.23. The highest BCUT2D eigenvalue weighted by Gasteiger charge is 2.13. The zero-order valence-corrected chi connectivity index (χ0v) is 11.3. The van der Waals surface area contributed by atoms with Crippen molar-refractivity contribution in [2.24, 2.45) is 0 Å². The highest BCUT2D eigenvalue weighted by molar-refractivity contribution is 6.30. The predicted octanol–water partition coefficient (Wildman–Crippen LogP) is 3.37. The van der Waals surface area contributed by atoms with E-state index >= 15 is 0 Å². The van der Waals surface area contributed by atoms with Crippen LogP contribution in [0.3, 0.4) is 0 Å². The van der Waals surface area contributed by atoms with Crippen molar-refractivity contribution < 1.29 is 0 Å². The number of nitrogens with zero attached hydrogens (tertiary/aromatic N) is 3. The van der Waals surface area contributed by atoms with E-state index in [2.05, 4.69) is 28.7 Å². The van der Waals surface area contributed by atoms with Gasteiger partial charge in [0.15, 0.2) is 0 Å². The maximum Gasteiger partial charge on any atom is 0.137 e. The summed E-state index contributed by atoms with van der Waals surface area (Å²) in [6.45, 7) is 10.2. The first-order chi connectivity index (χ1) is 7.60. The number of aromatic nitrogens is 2. The van der Waals surface area contributed by atoms with E-state index in [1.807, 2.05) is 13.8 Å². The van der Waals surface area contributed by atoms with Crippen LogP contribution in [0.5, 0.6) is 0 Å². The summed E-state index contributed by atoms with van der Waals surface area (Å²) in [5, 5.41) is 0.569. The molecular weight excluding hydrogens is 222 g/mol. The molecule has 3 nitrogen and oxygen atoms in total. The van der Waals surface area contributed by atoms with E-state index in [1.165, 1.54) is 0 Å². The first kappa shape index (κ1) is 13.2. The van der Waals surface area contributed by atoms with Crippen LogP contribution >= 0.6 is 11.6 Å². The summed E-state index contributed by atoms with van der Waals surface area (Å²) >= 11 is 6.09. The Balaban J connectivity index is 3.07. The molecule has 1 rings (SSSR count). The molecule has 0 unspecified atom stereocenters. The topological polar surface area (TPSA) is 29.0 Å². The van der Waals surface area contributed by atoms with Crippen molar-refractivity contribution in [1.82, 2.24) is 9.97 Å². The van der Waals surface area contributed by atoms with Crippen molar-refractivity contribution in [2.45, 2.75) is 40.5 Å². The van der Waals surface area contributed by atoms with E-state index in [9.17, 15) is 0 Å². The molecule has 0 aliphatic rings. The van der Waals surface area contributed by atoms with Gasteiger partial charge in [0.1, 0.15) is 16.8 Å². The lowest BCUT2D eigenvalue weighted by molar-refractivity contribution is 0.727. The van der Waals surface area contributed by atoms with E-state index in [0.29, 0.717) is 5.15 Å². The summed E-state index contributed by atoms with van der Waals surface area (Å²) in [5.74, 6) is 1.73. The third-order valence-electron chi connectivity index (χ3n) is 2.46. The molecule has 1 heterocycles. The molecule has 0 saturated carbocycles. The summed E-state index contributed by atoms with van der Waals surface area (Å²) in [4.78, 5) is 11.0. The molecule has 16 heavy (non-hydrogen) atoms. The largest absolute Gasteiger partial charge is 0.356 e. The van der Waals surface area contributed by atoms with Crippen LogP contribution in [0.15, 0.2) is 0 Å². The van der Waals surface area contributed by atoms with E-state index in [1.54, 1.807) is 0 Å². The van der Waals surface area contributed by atoms with Crippen LogP contribution in [-0.2, 0) is 0 Å². The maximum atomic E-state index is 6.09. The Kier molecular flexibility index (Phi) is 5.00. The minimum atomic E-state index is 0.569. The minimum absolute atomic E-state index is 0.569. The molecule has 0 saturated heterocycles. The first-order valence-electron chi connectivity index (χ1n) is 5.85. The zero-order valence-electron chi connectivity index (χ0n) is 10.5. The van der Waals surface area contributed by atoms with Gasteiger partial charge in [-0.1, -0.05) is 25.4 Å². The molecule has 0 aromatic carbocycles. The number of aryl methyl sites for hydroxylation is 1. The van der Waals surface area contributed by atoms with Gasteiger partial charge in [0.2, 0.25) is 0 Å². The third-order valence-corrected chi connectivity index (χ3v) is 2.83. The average Bonchev–Trinajstić information content (AvgIpc) is 2.23. The van der Waals surface area contributed by atoms with Crippen LogP contribution in [0.2, 0.25) is 5.15 Å². The summed E-state index contributed by atoms with van der Waals surface area (Å²) in [6.07, 6.45) is 2.22. The van der Waals surface area contributed by atoms with Gasteiger partial charge in [-0.25, -0.2) is 9.97 Å². The van der Waals surface area contributed by atoms with Crippen molar-refractivity contribution >= 4 is 17.4 Å². The second-order valence-corrected chi connectivity index (χ2v) is 4.36. The summed E-state index contributed by atoms with van der Waals surface area (Å²) < 4.78 is 0. The number of hydrogen-bond donors (Lipinski definition) is 0. The zero-order chi connectivity index (χ0) is 12.1. The van der Waals surface area contributed by atoms with Gasteiger partial charge in [-0.2, -0.15) is 0 Å². The smallest absolute Gasteiger partial charge is 0.137 e. The Morgan fingerprint density at radius 1 is 1.06 bits per heavy atom. The van der Waals surface area contributed by atoms with Crippen molar-refractivity contribution in [2.75, 3.05) is 18.0 Å². The van der Waals surface area contributed by atoms with Gasteiger partial charge in [-0.05, 0) is 26.7 Å². The Morgan fingerprint density at radius 3 is 2.12 bits per heavy atom. The van der Waals surface area contributed by atoms with E-state index in [4.69, 9.17) is 11.6 Å². The van der Waals surface area contributed by atoms with Crippen LogP contribution in [0, 0.1) is 13.8 Å². The van der Waals surface area contributed by atoms with Gasteiger partial charge in [0.05, 0.1) is 0 Å². The summed E-state index contributed by atoms with van der Waals surface area (Å²) in [5.41, 5.74) is 0.981. The Labute approximate surface area is 103 Å². The molecule has 0 fully saturated rings. The van der Waals surface area contributed by atoms with Crippen molar-refractivity contribution in [3.8, 4) is 0 Å². The molecule has 0 radical (unpaired) electrons. The van der Waals surface area contributed by atoms with Crippen molar-refractivity contribution in [3.05, 3.63) is 16.5 Å². The number of halogens is 1. The van der Waals surface area contributed by atoms with Crippen LogP contribution in [0.25, 0.3) is 0 Å². The molecule has 0 amide bonds. The predicted molar refractivity (Wildman–Crippen MR) is 69.3 cm³/mol. The highest BCUT2D eigenvalue weighted by Crippen LogP contribution is 2.23. The fourth-order valence-electron chi connectivity index (χ4n) is 1.75. The van der Waals surface area contributed by atoms with Gasteiger partial charge in [0, 0.05) is 18.7 Å². The van der Waals surface area contributed by atoms with Crippen molar-refractivity contribution in [1.29, 1.82) is 0 Å². The molecule has 1 aromatic rings. The molecule has 0 bridgehead atoms. The molecule has 0 aliphatic carbocycles. The van der Waals surface area contributed by atoms with Crippen LogP contribution in [0.1, 0.15) is 38.1 Å². The van der Waals surface area contributed by atoms with Gasteiger partial charge in [-0.15, -0.1) is 0 Å². The molecule has 0 atom stereocenters. The monoisotopic (exact) mass is 241 g/mol. The lowest BCUT2D eigenvalue weighted by Gasteiger charge is -2.24. The Hall–Kier alpha value is -0.830. The molecule has 4 heteroatoms. The third kappa shape index (κ3) is 3.08. The number of anilines is 1. The molecule has 1 aromatic heterocycles. The van der Waals surface area contributed by atoms with E-state index in [0.717, 1.165) is 43.1 Å². The quantitative estimate of drug-likeness (QED) is 0.741. The fourth-order valence-corrected chi connectivity index (χ4v) is 1.96. The highest BCUT2D eigenvalue weighted by atomic mass is 35.5. The lowest BCUT2D eigenvalue weighted by atomic mass is 10.2. The Bertz CT molecular complexity index is 346. The van der Waals surface area contributed by atoms with Crippen molar-refractivity contribution in [3.63, 3.8) is 0 Å². The number of hydrogen-bond acceptors (Lipinski definition) is 3. The maximum absolute atomic E-state index is 6.09. The molecule has 0 aliphatic heterocycles. The van der Waals surface area contributed by atoms with Gasteiger partial charge in [0.25, 0.3) is 0 Å². The van der Waals surface area contributed by atoms with E-state index < -0.39 is 0 Å². The lowest BCUT2D eigenvalue weighted by Crippen LogP contribution is -2.27. The molecule has 0 N–H and O–H groups in total. The molecular formula is C12H20ClN3. The van der Waals surface area contributed by atoms with Crippen LogP contribution in [0.4, 0.5) is 5.82 Å². The fraction of sp³-hybridized carbons (Fsp3) is 0.667. The van der Waals surface area contributed by atoms with E-state index in [-0.39, 0.29) is 0 Å². The minimum Gasteiger partial charge on any atom is -0.356 e. The summed E-state index contributed by atoms with van der Waals surface area (Å²) in [6, 6.07) is 0. The second kappa shape index (κ2) is 6.04. The second-order valence-electron chi connectivity index (χ2n) is 4.00. The Morgan fingerprint density at radius 2 is 1.62 bits per heavy atom. The average molecular weight is 242 g/mol.